The molecule has 4 nitrogen and oxygen atoms in total. The number of halogens is 1. The van der Waals surface area contributed by atoms with Crippen LogP contribution < -0.4 is 5.56 Å². The summed E-state index contributed by atoms with van der Waals surface area (Å²) in [5, 5.41) is 8.81. The number of carboxylic acids is 1. The van der Waals surface area contributed by atoms with Crippen molar-refractivity contribution in [3.63, 3.8) is 0 Å². The SMILES string of the molecule is Cc1c(C(=O)O)c(Br)[nH]c(=O)c1C. The highest BCUT2D eigenvalue weighted by Gasteiger charge is 2.15. The Morgan fingerprint density at radius 1 is 1.38 bits per heavy atom. The minimum absolute atomic E-state index is 0.108. The molecule has 0 aromatic carbocycles. The van der Waals surface area contributed by atoms with Crippen molar-refractivity contribution in [3.05, 3.63) is 31.6 Å². The first-order valence-corrected chi connectivity index (χ1v) is 4.36. The topological polar surface area (TPSA) is 70.2 Å². The van der Waals surface area contributed by atoms with Crippen molar-refractivity contribution in [3.8, 4) is 0 Å². The number of hydrogen-bond donors (Lipinski definition) is 2. The van der Waals surface area contributed by atoms with Crippen LogP contribution in [0.5, 0.6) is 0 Å². The van der Waals surface area contributed by atoms with E-state index in [9.17, 15) is 9.59 Å². The highest BCUT2D eigenvalue weighted by molar-refractivity contribution is 9.10. The number of pyridine rings is 1. The molecule has 0 aliphatic heterocycles. The fourth-order valence-corrected chi connectivity index (χ4v) is 1.68. The Morgan fingerprint density at radius 3 is 2.38 bits per heavy atom. The third kappa shape index (κ3) is 1.65. The van der Waals surface area contributed by atoms with Crippen molar-refractivity contribution in [1.82, 2.24) is 4.98 Å². The van der Waals surface area contributed by atoms with Crippen LogP contribution in [0, 0.1) is 13.8 Å². The molecular weight excluding hydrogens is 238 g/mol. The molecule has 0 fully saturated rings. The van der Waals surface area contributed by atoms with Gasteiger partial charge in [0.1, 0.15) is 0 Å². The van der Waals surface area contributed by atoms with Crippen molar-refractivity contribution in [2.24, 2.45) is 0 Å². The zero-order chi connectivity index (χ0) is 10.2. The number of aromatic carboxylic acids is 1. The summed E-state index contributed by atoms with van der Waals surface area (Å²) in [5.41, 5.74) is 0.759. The van der Waals surface area contributed by atoms with Crippen LogP contribution in [0.15, 0.2) is 9.40 Å². The number of aromatic nitrogens is 1. The second kappa shape index (κ2) is 3.33. The third-order valence-electron chi connectivity index (χ3n) is 1.93. The molecule has 5 heteroatoms. The Balaban J connectivity index is 3.63. The van der Waals surface area contributed by atoms with Gasteiger partial charge in [0.05, 0.1) is 10.2 Å². The lowest BCUT2D eigenvalue weighted by Gasteiger charge is -2.05. The van der Waals surface area contributed by atoms with Crippen molar-refractivity contribution in [2.45, 2.75) is 13.8 Å². The normalized spacial score (nSPS) is 10.1. The van der Waals surface area contributed by atoms with Crippen LogP contribution in [-0.2, 0) is 0 Å². The van der Waals surface area contributed by atoms with E-state index in [0.717, 1.165) is 0 Å². The van der Waals surface area contributed by atoms with Crippen LogP contribution in [0.3, 0.4) is 0 Å². The molecule has 13 heavy (non-hydrogen) atoms. The number of H-pyrrole nitrogens is 1. The van der Waals surface area contributed by atoms with Gasteiger partial charge in [-0.1, -0.05) is 0 Å². The molecule has 70 valence electrons. The first-order valence-electron chi connectivity index (χ1n) is 3.57. The standard InChI is InChI=1S/C8H8BrNO3/c1-3-4(2)7(11)10-6(9)5(3)8(12)13/h1-2H3,(H,10,11)(H,12,13). The van der Waals surface area contributed by atoms with E-state index in [1.165, 1.54) is 0 Å². The Kier molecular flexibility index (Phi) is 2.56. The molecule has 1 aromatic rings. The van der Waals surface area contributed by atoms with Gasteiger partial charge in [0, 0.05) is 5.56 Å². The molecule has 0 unspecified atom stereocenters. The zero-order valence-corrected chi connectivity index (χ0v) is 8.73. The smallest absolute Gasteiger partial charge is 0.338 e. The van der Waals surface area contributed by atoms with Crippen molar-refractivity contribution in [1.29, 1.82) is 0 Å². The monoisotopic (exact) mass is 245 g/mol. The van der Waals surface area contributed by atoms with Gasteiger partial charge in [-0.3, -0.25) is 4.79 Å². The van der Waals surface area contributed by atoms with E-state index in [1.807, 2.05) is 0 Å². The Morgan fingerprint density at radius 2 is 1.92 bits per heavy atom. The average molecular weight is 246 g/mol. The number of aromatic amines is 1. The number of carbonyl (C=O) groups is 1. The summed E-state index contributed by atoms with van der Waals surface area (Å²) < 4.78 is 0.216. The van der Waals surface area contributed by atoms with Gasteiger partial charge in [-0.25, -0.2) is 4.79 Å². The first kappa shape index (κ1) is 9.98. The van der Waals surface area contributed by atoms with Crippen molar-refractivity contribution in [2.75, 3.05) is 0 Å². The minimum atomic E-state index is -1.05. The second-order valence-electron chi connectivity index (χ2n) is 2.70. The van der Waals surface area contributed by atoms with Gasteiger partial charge < -0.3 is 10.1 Å². The molecule has 0 saturated heterocycles. The van der Waals surface area contributed by atoms with Crippen molar-refractivity contribution < 1.29 is 9.90 Å². The summed E-state index contributed by atoms with van der Waals surface area (Å²) in [4.78, 5) is 24.3. The lowest BCUT2D eigenvalue weighted by molar-refractivity contribution is 0.0694. The molecule has 0 aliphatic rings. The summed E-state index contributed by atoms with van der Waals surface area (Å²) in [6.45, 7) is 3.20. The molecule has 0 saturated carbocycles. The predicted octanol–water partition coefficient (Wildman–Crippen LogP) is 1.45. The molecule has 0 amide bonds. The van der Waals surface area contributed by atoms with Gasteiger partial charge >= 0.3 is 5.97 Å². The summed E-state index contributed by atoms with van der Waals surface area (Å²) >= 11 is 3.00. The number of carboxylic acid groups (broad SMARTS) is 1. The first-order chi connectivity index (χ1) is 5.95. The minimum Gasteiger partial charge on any atom is -0.478 e. The molecule has 0 radical (unpaired) electrons. The summed E-state index contributed by atoms with van der Waals surface area (Å²) in [6, 6.07) is 0. The van der Waals surface area contributed by atoms with Crippen LogP contribution >= 0.6 is 15.9 Å². The fourth-order valence-electron chi connectivity index (χ4n) is 1.03. The highest BCUT2D eigenvalue weighted by Crippen LogP contribution is 2.17. The number of rotatable bonds is 1. The summed E-state index contributed by atoms with van der Waals surface area (Å²) in [6.07, 6.45) is 0. The van der Waals surface area contributed by atoms with E-state index >= 15 is 0 Å². The van der Waals surface area contributed by atoms with E-state index < -0.39 is 5.97 Å². The van der Waals surface area contributed by atoms with Crippen LogP contribution in [0.2, 0.25) is 0 Å². The summed E-state index contributed by atoms with van der Waals surface area (Å²) in [7, 11) is 0. The maximum Gasteiger partial charge on any atom is 0.338 e. The highest BCUT2D eigenvalue weighted by atomic mass is 79.9. The Hall–Kier alpha value is -1.10. The molecule has 0 atom stereocenters. The second-order valence-corrected chi connectivity index (χ2v) is 3.49. The third-order valence-corrected chi connectivity index (χ3v) is 2.53. The molecule has 1 heterocycles. The van der Waals surface area contributed by atoms with E-state index in [0.29, 0.717) is 11.1 Å². The van der Waals surface area contributed by atoms with Crippen LogP contribution in [0.4, 0.5) is 0 Å². The molecule has 0 aliphatic carbocycles. The van der Waals surface area contributed by atoms with Gasteiger partial charge in [0.15, 0.2) is 0 Å². The van der Waals surface area contributed by atoms with Gasteiger partial charge in [0.25, 0.3) is 5.56 Å². The van der Waals surface area contributed by atoms with E-state index in [1.54, 1.807) is 13.8 Å². The largest absolute Gasteiger partial charge is 0.478 e. The quantitative estimate of drug-likeness (QED) is 0.737. The Bertz CT molecular complexity index is 422. The lowest BCUT2D eigenvalue weighted by Crippen LogP contribution is -2.16. The van der Waals surface area contributed by atoms with E-state index in [-0.39, 0.29) is 15.7 Å². The summed E-state index contributed by atoms with van der Waals surface area (Å²) in [5.74, 6) is -1.05. The molecule has 2 N–H and O–H groups in total. The maximum atomic E-state index is 11.2. The van der Waals surface area contributed by atoms with E-state index in [2.05, 4.69) is 20.9 Å². The van der Waals surface area contributed by atoms with Crippen molar-refractivity contribution >= 4 is 21.9 Å². The van der Waals surface area contributed by atoms with Crippen LogP contribution in [0.25, 0.3) is 0 Å². The predicted molar refractivity (Wildman–Crippen MR) is 51.2 cm³/mol. The average Bonchev–Trinajstić information content (AvgIpc) is 1.99. The maximum absolute atomic E-state index is 11.2. The molecule has 1 aromatic heterocycles. The molecule has 1 rings (SSSR count). The Labute approximate surface area is 82.7 Å². The fraction of sp³-hybridized carbons (Fsp3) is 0.250. The number of nitrogens with one attached hydrogen (secondary N) is 1. The number of hydrogen-bond acceptors (Lipinski definition) is 2. The molecule has 0 spiro atoms. The van der Waals surface area contributed by atoms with Gasteiger partial charge in [0.2, 0.25) is 0 Å². The van der Waals surface area contributed by atoms with Gasteiger partial charge in [-0.15, -0.1) is 0 Å². The molecular formula is C8H8BrNO3. The lowest BCUT2D eigenvalue weighted by atomic mass is 10.1. The van der Waals surface area contributed by atoms with Gasteiger partial charge in [-0.2, -0.15) is 0 Å². The molecule has 0 bridgehead atoms. The van der Waals surface area contributed by atoms with Crippen LogP contribution in [0.1, 0.15) is 21.5 Å². The van der Waals surface area contributed by atoms with E-state index in [4.69, 9.17) is 5.11 Å². The van der Waals surface area contributed by atoms with Crippen LogP contribution in [-0.4, -0.2) is 16.1 Å². The van der Waals surface area contributed by atoms with Gasteiger partial charge in [-0.05, 0) is 35.3 Å². The zero-order valence-electron chi connectivity index (χ0n) is 7.14.